The first-order valence-corrected chi connectivity index (χ1v) is 11.3. The number of fused-ring (bicyclic) bond motifs is 4. The first-order valence-electron chi connectivity index (χ1n) is 10.4. The molecular formula is C24H23N3O3S. The molecule has 158 valence electrons. The molecule has 2 unspecified atom stereocenters. The number of carbonyl (C=O) groups is 2. The van der Waals surface area contributed by atoms with Crippen LogP contribution in [0.25, 0.3) is 11.1 Å². The molecule has 2 amide bonds. The number of benzene rings is 1. The molecule has 5 rings (SSSR count). The summed E-state index contributed by atoms with van der Waals surface area (Å²) in [4.78, 5) is 40.1. The largest absolute Gasteiger partial charge is 0.337 e. The highest BCUT2D eigenvalue weighted by Crippen LogP contribution is 2.36. The van der Waals surface area contributed by atoms with Crippen LogP contribution in [0, 0.1) is 5.92 Å². The number of rotatable bonds is 3. The Balaban J connectivity index is 1.43. The van der Waals surface area contributed by atoms with Crippen LogP contribution >= 0.6 is 11.3 Å². The van der Waals surface area contributed by atoms with E-state index in [4.69, 9.17) is 0 Å². The average Bonchev–Trinajstić information content (AvgIpc) is 3.29. The summed E-state index contributed by atoms with van der Waals surface area (Å²) in [7, 11) is 0. The SMILES string of the molecule is CC(=O)Nc1ccc(-c2ccc3n(c2=O)CC2CC3CN(C(=O)c3cccs3)C2)cc1. The van der Waals surface area contributed by atoms with Crippen molar-refractivity contribution in [3.05, 3.63) is 74.8 Å². The van der Waals surface area contributed by atoms with Gasteiger partial charge in [-0.25, -0.2) is 0 Å². The third-order valence-electron chi connectivity index (χ3n) is 6.14. The summed E-state index contributed by atoms with van der Waals surface area (Å²) in [6, 6.07) is 15.0. The molecule has 0 saturated carbocycles. The van der Waals surface area contributed by atoms with Crippen LogP contribution in [0.4, 0.5) is 5.69 Å². The van der Waals surface area contributed by atoms with Gasteiger partial charge in [-0.15, -0.1) is 11.3 Å². The molecule has 2 bridgehead atoms. The molecule has 6 nitrogen and oxygen atoms in total. The Labute approximate surface area is 184 Å². The van der Waals surface area contributed by atoms with Crippen molar-refractivity contribution in [3.63, 3.8) is 0 Å². The Hall–Kier alpha value is -3.19. The number of carbonyl (C=O) groups excluding carboxylic acids is 2. The van der Waals surface area contributed by atoms with Crippen LogP contribution in [0.2, 0.25) is 0 Å². The molecular weight excluding hydrogens is 410 g/mol. The van der Waals surface area contributed by atoms with Gasteiger partial charge in [0, 0.05) is 49.4 Å². The number of nitrogens with zero attached hydrogens (tertiary/aromatic N) is 2. The topological polar surface area (TPSA) is 71.4 Å². The van der Waals surface area contributed by atoms with E-state index >= 15 is 0 Å². The summed E-state index contributed by atoms with van der Waals surface area (Å²) >= 11 is 1.47. The normalized spacial score (nSPS) is 19.6. The molecule has 2 aliphatic heterocycles. The lowest BCUT2D eigenvalue weighted by Gasteiger charge is -2.42. The molecule has 2 aliphatic rings. The molecule has 0 spiro atoms. The van der Waals surface area contributed by atoms with Gasteiger partial charge in [-0.3, -0.25) is 14.4 Å². The number of anilines is 1. The van der Waals surface area contributed by atoms with Gasteiger partial charge < -0.3 is 14.8 Å². The van der Waals surface area contributed by atoms with Gasteiger partial charge in [0.05, 0.1) is 4.88 Å². The van der Waals surface area contributed by atoms with Crippen molar-refractivity contribution in [2.45, 2.75) is 25.8 Å². The summed E-state index contributed by atoms with van der Waals surface area (Å²) < 4.78 is 1.91. The Morgan fingerprint density at radius 1 is 1.03 bits per heavy atom. The number of likely N-dealkylation sites (tertiary alicyclic amines) is 1. The molecule has 0 aliphatic carbocycles. The lowest BCUT2D eigenvalue weighted by Crippen LogP contribution is -2.49. The van der Waals surface area contributed by atoms with Gasteiger partial charge in [0.2, 0.25) is 5.91 Å². The van der Waals surface area contributed by atoms with Gasteiger partial charge in [-0.2, -0.15) is 0 Å². The molecule has 2 atom stereocenters. The minimum atomic E-state index is -0.125. The maximum Gasteiger partial charge on any atom is 0.263 e. The second kappa shape index (κ2) is 7.81. The zero-order valence-electron chi connectivity index (χ0n) is 17.2. The second-order valence-electron chi connectivity index (χ2n) is 8.33. The zero-order chi connectivity index (χ0) is 21.5. The number of hydrogen-bond donors (Lipinski definition) is 1. The van der Waals surface area contributed by atoms with E-state index in [1.54, 1.807) is 0 Å². The van der Waals surface area contributed by atoms with Crippen molar-refractivity contribution < 1.29 is 9.59 Å². The second-order valence-corrected chi connectivity index (χ2v) is 9.28. The summed E-state index contributed by atoms with van der Waals surface area (Å²) in [5.41, 5.74) is 3.23. The fourth-order valence-corrected chi connectivity index (χ4v) is 5.51. The zero-order valence-corrected chi connectivity index (χ0v) is 18.0. The third kappa shape index (κ3) is 3.70. The molecule has 0 radical (unpaired) electrons. The Morgan fingerprint density at radius 2 is 1.84 bits per heavy atom. The Bertz CT molecular complexity index is 1200. The number of amides is 2. The fourth-order valence-electron chi connectivity index (χ4n) is 4.82. The summed E-state index contributed by atoms with van der Waals surface area (Å²) in [6.07, 6.45) is 1.01. The molecule has 1 N–H and O–H groups in total. The number of hydrogen-bond acceptors (Lipinski definition) is 4. The fraction of sp³-hybridized carbons (Fsp3) is 0.292. The standard InChI is InChI=1S/C24H23N3O3S/c1-15(28)25-19-6-4-17(5-7-19)20-8-9-21-18-11-16(13-27(21)23(20)29)12-26(14-18)24(30)22-3-2-10-31-22/h2-10,16,18H,11-14H2,1H3,(H,25,28). The number of aromatic nitrogens is 1. The highest BCUT2D eigenvalue weighted by Gasteiger charge is 2.37. The van der Waals surface area contributed by atoms with E-state index < -0.39 is 0 Å². The molecule has 3 aromatic rings. The highest BCUT2D eigenvalue weighted by atomic mass is 32.1. The van der Waals surface area contributed by atoms with Crippen molar-refractivity contribution in [2.24, 2.45) is 5.92 Å². The molecule has 4 heterocycles. The van der Waals surface area contributed by atoms with Crippen molar-refractivity contribution in [1.82, 2.24) is 9.47 Å². The predicted octanol–water partition coefficient (Wildman–Crippen LogP) is 3.79. The van der Waals surface area contributed by atoms with E-state index in [2.05, 4.69) is 5.32 Å². The minimum absolute atomic E-state index is 0.0116. The molecule has 1 fully saturated rings. The number of thiophene rings is 1. The van der Waals surface area contributed by atoms with Crippen LogP contribution < -0.4 is 10.9 Å². The maximum absolute atomic E-state index is 13.3. The van der Waals surface area contributed by atoms with Gasteiger partial charge in [-0.1, -0.05) is 18.2 Å². The van der Waals surface area contributed by atoms with E-state index in [0.717, 1.165) is 22.6 Å². The van der Waals surface area contributed by atoms with Crippen LogP contribution in [-0.2, 0) is 11.3 Å². The third-order valence-corrected chi connectivity index (χ3v) is 7.00. The Morgan fingerprint density at radius 3 is 2.55 bits per heavy atom. The molecule has 1 saturated heterocycles. The van der Waals surface area contributed by atoms with Crippen molar-refractivity contribution >= 4 is 28.8 Å². The first-order chi connectivity index (χ1) is 15.0. The van der Waals surface area contributed by atoms with Gasteiger partial charge in [-0.05, 0) is 53.6 Å². The van der Waals surface area contributed by atoms with Gasteiger partial charge in [0.15, 0.2) is 0 Å². The van der Waals surface area contributed by atoms with Crippen LogP contribution in [0.15, 0.2) is 58.7 Å². The maximum atomic E-state index is 13.3. The number of piperidine rings is 1. The number of nitrogens with one attached hydrogen (secondary N) is 1. The smallest absolute Gasteiger partial charge is 0.263 e. The van der Waals surface area contributed by atoms with Crippen LogP contribution in [0.1, 0.15) is 34.6 Å². The monoisotopic (exact) mass is 433 g/mol. The van der Waals surface area contributed by atoms with Crippen LogP contribution in [-0.4, -0.2) is 34.4 Å². The molecule has 7 heteroatoms. The summed E-state index contributed by atoms with van der Waals surface area (Å²) in [5.74, 6) is 0.432. The van der Waals surface area contributed by atoms with Gasteiger partial charge in [0.25, 0.3) is 11.5 Å². The van der Waals surface area contributed by atoms with Crippen LogP contribution in [0.5, 0.6) is 0 Å². The summed E-state index contributed by atoms with van der Waals surface area (Å²) in [6.45, 7) is 3.44. The lowest BCUT2D eigenvalue weighted by molar-refractivity contribution is -0.114. The van der Waals surface area contributed by atoms with E-state index in [1.165, 1.54) is 18.3 Å². The predicted molar refractivity (Wildman–Crippen MR) is 122 cm³/mol. The molecule has 2 aromatic heterocycles. The van der Waals surface area contributed by atoms with Gasteiger partial charge >= 0.3 is 0 Å². The van der Waals surface area contributed by atoms with Crippen LogP contribution in [0.3, 0.4) is 0 Å². The summed E-state index contributed by atoms with van der Waals surface area (Å²) in [5, 5.41) is 4.67. The van der Waals surface area contributed by atoms with Crippen molar-refractivity contribution in [3.8, 4) is 11.1 Å². The van der Waals surface area contributed by atoms with E-state index in [1.807, 2.05) is 63.4 Å². The van der Waals surface area contributed by atoms with E-state index in [0.29, 0.717) is 30.9 Å². The number of pyridine rings is 1. The van der Waals surface area contributed by atoms with E-state index in [9.17, 15) is 14.4 Å². The average molecular weight is 434 g/mol. The quantitative estimate of drug-likeness (QED) is 0.683. The Kier molecular flexibility index (Phi) is 4.98. The molecule has 1 aromatic carbocycles. The first kappa shape index (κ1) is 19.8. The van der Waals surface area contributed by atoms with Gasteiger partial charge in [0.1, 0.15) is 0 Å². The van der Waals surface area contributed by atoms with Crippen molar-refractivity contribution in [2.75, 3.05) is 18.4 Å². The highest BCUT2D eigenvalue weighted by molar-refractivity contribution is 7.12. The van der Waals surface area contributed by atoms with Crippen molar-refractivity contribution in [1.29, 1.82) is 0 Å². The van der Waals surface area contributed by atoms with E-state index in [-0.39, 0.29) is 29.2 Å². The molecule has 31 heavy (non-hydrogen) atoms. The minimum Gasteiger partial charge on any atom is -0.337 e. The lowest BCUT2D eigenvalue weighted by atomic mass is 9.82.